The van der Waals surface area contributed by atoms with Crippen LogP contribution in [0.4, 0.5) is 5.69 Å². The average Bonchev–Trinajstić information content (AvgIpc) is 2.84. The summed E-state index contributed by atoms with van der Waals surface area (Å²) in [5.74, 6) is 0.892. The third kappa shape index (κ3) is 3.55. The first-order chi connectivity index (χ1) is 9.72. The molecule has 0 bridgehead atoms. The summed E-state index contributed by atoms with van der Waals surface area (Å²) in [5, 5.41) is 12.2. The van der Waals surface area contributed by atoms with Gasteiger partial charge in [0.15, 0.2) is 0 Å². The van der Waals surface area contributed by atoms with Crippen molar-refractivity contribution in [3.05, 3.63) is 47.8 Å². The molecule has 4 heteroatoms. The quantitative estimate of drug-likeness (QED) is 0.875. The van der Waals surface area contributed by atoms with E-state index in [1.54, 1.807) is 0 Å². The Morgan fingerprint density at radius 2 is 2.05 bits per heavy atom. The largest absolute Gasteiger partial charge is 0.494 e. The molecule has 0 fully saturated rings. The van der Waals surface area contributed by atoms with Crippen molar-refractivity contribution in [3.8, 4) is 11.8 Å². The molecule has 0 unspecified atom stereocenters. The highest BCUT2D eigenvalue weighted by atomic mass is 16.5. The molecule has 1 aromatic heterocycles. The molecule has 0 saturated carbocycles. The third-order valence-electron chi connectivity index (χ3n) is 3.00. The maximum absolute atomic E-state index is 8.91. The lowest BCUT2D eigenvalue weighted by Crippen LogP contribution is -1.99. The Kier molecular flexibility index (Phi) is 4.67. The third-order valence-corrected chi connectivity index (χ3v) is 3.00. The molecule has 0 aliphatic heterocycles. The van der Waals surface area contributed by atoms with Gasteiger partial charge in [-0.1, -0.05) is 6.92 Å². The number of aromatic nitrogens is 1. The van der Waals surface area contributed by atoms with Gasteiger partial charge in [-0.3, -0.25) is 0 Å². The minimum atomic E-state index is 0.671. The van der Waals surface area contributed by atoms with E-state index in [0.717, 1.165) is 30.0 Å². The van der Waals surface area contributed by atoms with E-state index in [0.29, 0.717) is 12.2 Å². The van der Waals surface area contributed by atoms with Crippen LogP contribution >= 0.6 is 0 Å². The number of nitrogens with one attached hydrogen (secondary N) is 1. The van der Waals surface area contributed by atoms with Crippen molar-refractivity contribution in [1.82, 2.24) is 4.57 Å². The number of rotatable bonds is 6. The number of anilines is 1. The first-order valence-corrected chi connectivity index (χ1v) is 6.75. The maximum atomic E-state index is 8.91. The second kappa shape index (κ2) is 6.67. The predicted octanol–water partition coefficient (Wildman–Crippen LogP) is 3.30. The molecule has 0 saturated heterocycles. The minimum absolute atomic E-state index is 0.671. The van der Waals surface area contributed by atoms with E-state index in [-0.39, 0.29) is 0 Å². The topological polar surface area (TPSA) is 50.0 Å². The lowest BCUT2D eigenvalue weighted by molar-refractivity contribution is 0.317. The number of nitriles is 1. The van der Waals surface area contributed by atoms with Crippen LogP contribution in [-0.4, -0.2) is 11.2 Å². The fourth-order valence-electron chi connectivity index (χ4n) is 1.93. The van der Waals surface area contributed by atoms with Gasteiger partial charge in [0.05, 0.1) is 6.61 Å². The Morgan fingerprint density at radius 3 is 2.65 bits per heavy atom. The summed E-state index contributed by atoms with van der Waals surface area (Å²) in [4.78, 5) is 0. The van der Waals surface area contributed by atoms with Crippen molar-refractivity contribution >= 4 is 5.69 Å². The molecular formula is C16H19N3O. The summed E-state index contributed by atoms with van der Waals surface area (Å²) in [5.41, 5.74) is 2.80. The van der Waals surface area contributed by atoms with Gasteiger partial charge in [0, 0.05) is 25.5 Å². The zero-order valence-corrected chi connectivity index (χ0v) is 11.9. The lowest BCUT2D eigenvalue weighted by atomic mass is 10.2. The zero-order chi connectivity index (χ0) is 14.4. The summed E-state index contributed by atoms with van der Waals surface area (Å²) in [6.45, 7) is 3.53. The molecule has 2 aromatic rings. The number of ether oxygens (including phenoxy) is 1. The Hall–Kier alpha value is -2.41. The van der Waals surface area contributed by atoms with E-state index < -0.39 is 0 Å². The summed E-state index contributed by atoms with van der Waals surface area (Å²) in [6.07, 6.45) is 2.97. The zero-order valence-electron chi connectivity index (χ0n) is 11.9. The molecule has 104 valence electrons. The van der Waals surface area contributed by atoms with Crippen LogP contribution in [-0.2, 0) is 13.6 Å². The SMILES string of the molecule is CCCOc1ccc(NCc2cc(C#N)n(C)c2)cc1. The van der Waals surface area contributed by atoms with Gasteiger partial charge in [0.1, 0.15) is 17.5 Å². The monoisotopic (exact) mass is 269 g/mol. The number of aryl methyl sites for hydroxylation is 1. The van der Waals surface area contributed by atoms with Gasteiger partial charge in [-0.2, -0.15) is 5.26 Å². The molecule has 0 aliphatic carbocycles. The second-order valence-corrected chi connectivity index (χ2v) is 4.68. The molecule has 2 rings (SSSR count). The van der Waals surface area contributed by atoms with Crippen molar-refractivity contribution < 1.29 is 4.74 Å². The summed E-state index contributed by atoms with van der Waals surface area (Å²) in [6, 6.07) is 12.0. The van der Waals surface area contributed by atoms with Crippen LogP contribution in [0.15, 0.2) is 36.5 Å². The maximum Gasteiger partial charge on any atom is 0.120 e. The van der Waals surface area contributed by atoms with Gasteiger partial charge in [-0.15, -0.1) is 0 Å². The molecule has 0 amide bonds. The van der Waals surface area contributed by atoms with Crippen LogP contribution in [0.1, 0.15) is 24.6 Å². The van der Waals surface area contributed by atoms with Crippen LogP contribution in [0.3, 0.4) is 0 Å². The van der Waals surface area contributed by atoms with E-state index in [9.17, 15) is 0 Å². The Labute approximate surface area is 119 Å². The molecule has 0 aliphatic rings. The first kappa shape index (κ1) is 14.0. The number of nitrogens with zero attached hydrogens (tertiary/aromatic N) is 2. The number of hydrogen-bond acceptors (Lipinski definition) is 3. The number of hydrogen-bond donors (Lipinski definition) is 1. The van der Waals surface area contributed by atoms with Crippen molar-refractivity contribution in [3.63, 3.8) is 0 Å². The summed E-state index contributed by atoms with van der Waals surface area (Å²) in [7, 11) is 1.88. The summed E-state index contributed by atoms with van der Waals surface area (Å²) >= 11 is 0. The molecule has 1 aromatic carbocycles. The smallest absolute Gasteiger partial charge is 0.120 e. The van der Waals surface area contributed by atoms with Crippen molar-refractivity contribution in [2.45, 2.75) is 19.9 Å². The van der Waals surface area contributed by atoms with E-state index in [2.05, 4.69) is 18.3 Å². The van der Waals surface area contributed by atoms with Crippen molar-refractivity contribution in [2.24, 2.45) is 7.05 Å². The van der Waals surface area contributed by atoms with E-state index in [1.165, 1.54) is 0 Å². The molecule has 0 spiro atoms. The Bertz CT molecular complexity index is 593. The molecule has 1 heterocycles. The van der Waals surface area contributed by atoms with Gasteiger partial charge in [0.25, 0.3) is 0 Å². The van der Waals surface area contributed by atoms with Crippen molar-refractivity contribution in [2.75, 3.05) is 11.9 Å². The summed E-state index contributed by atoms with van der Waals surface area (Å²) < 4.78 is 7.37. The van der Waals surface area contributed by atoms with E-state index in [4.69, 9.17) is 10.00 Å². The molecule has 0 atom stereocenters. The van der Waals surface area contributed by atoms with Gasteiger partial charge in [-0.05, 0) is 42.3 Å². The normalized spacial score (nSPS) is 10.1. The average molecular weight is 269 g/mol. The highest BCUT2D eigenvalue weighted by molar-refractivity contribution is 5.47. The fraction of sp³-hybridized carbons (Fsp3) is 0.312. The first-order valence-electron chi connectivity index (χ1n) is 6.75. The predicted molar refractivity (Wildman–Crippen MR) is 79.7 cm³/mol. The van der Waals surface area contributed by atoms with E-state index in [1.807, 2.05) is 48.1 Å². The van der Waals surface area contributed by atoms with Gasteiger partial charge in [-0.25, -0.2) is 0 Å². The van der Waals surface area contributed by atoms with Crippen molar-refractivity contribution in [1.29, 1.82) is 5.26 Å². The van der Waals surface area contributed by atoms with Gasteiger partial charge >= 0.3 is 0 Å². The molecule has 20 heavy (non-hydrogen) atoms. The number of benzene rings is 1. The molecular weight excluding hydrogens is 250 g/mol. The molecule has 4 nitrogen and oxygen atoms in total. The molecule has 0 radical (unpaired) electrons. The van der Waals surface area contributed by atoms with Gasteiger partial charge < -0.3 is 14.6 Å². The van der Waals surface area contributed by atoms with Gasteiger partial charge in [0.2, 0.25) is 0 Å². The van der Waals surface area contributed by atoms with Crippen LogP contribution in [0.2, 0.25) is 0 Å². The van der Waals surface area contributed by atoms with Crippen LogP contribution in [0, 0.1) is 11.3 Å². The highest BCUT2D eigenvalue weighted by Gasteiger charge is 2.02. The second-order valence-electron chi connectivity index (χ2n) is 4.68. The molecule has 1 N–H and O–H groups in total. The Morgan fingerprint density at radius 1 is 1.30 bits per heavy atom. The fourth-order valence-corrected chi connectivity index (χ4v) is 1.93. The van der Waals surface area contributed by atoms with Crippen LogP contribution in [0.25, 0.3) is 0 Å². The highest BCUT2D eigenvalue weighted by Crippen LogP contribution is 2.17. The lowest BCUT2D eigenvalue weighted by Gasteiger charge is -2.07. The Balaban J connectivity index is 1.91. The van der Waals surface area contributed by atoms with Crippen LogP contribution < -0.4 is 10.1 Å². The van der Waals surface area contributed by atoms with Crippen LogP contribution in [0.5, 0.6) is 5.75 Å². The minimum Gasteiger partial charge on any atom is -0.494 e. The standard InChI is InChI=1S/C16H19N3O/c1-3-8-20-16-6-4-14(5-7-16)18-11-13-9-15(10-17)19(2)12-13/h4-7,9,12,18H,3,8,11H2,1-2H3. The van der Waals surface area contributed by atoms with E-state index >= 15 is 0 Å².